The van der Waals surface area contributed by atoms with Crippen molar-refractivity contribution in [2.24, 2.45) is 10.6 Å². The molecule has 1 aromatic carbocycles. The van der Waals surface area contributed by atoms with Crippen LogP contribution in [-0.2, 0) is 10.0 Å². The van der Waals surface area contributed by atoms with Crippen LogP contribution in [0.2, 0.25) is 0 Å². The van der Waals surface area contributed by atoms with Gasteiger partial charge in [-0.25, -0.2) is 13.6 Å². The van der Waals surface area contributed by atoms with Crippen molar-refractivity contribution in [3.05, 3.63) is 24.3 Å². The number of nitrogens with one attached hydrogen (secondary N) is 1. The fourth-order valence-corrected chi connectivity index (χ4v) is 4.56. The highest BCUT2D eigenvalue weighted by Gasteiger charge is 2.37. The van der Waals surface area contributed by atoms with E-state index in [0.29, 0.717) is 11.5 Å². The summed E-state index contributed by atoms with van der Waals surface area (Å²) in [7, 11) is -3.62. The molecule has 0 unspecified atom stereocenters. The summed E-state index contributed by atoms with van der Waals surface area (Å²) in [6.45, 7) is 0. The molecule has 0 amide bonds. The molecule has 4 nitrogen and oxygen atoms in total. The van der Waals surface area contributed by atoms with Crippen molar-refractivity contribution in [3.63, 3.8) is 0 Å². The molecule has 3 rings (SSSR count). The van der Waals surface area contributed by atoms with Gasteiger partial charge in [-0.15, -0.1) is 0 Å². The minimum absolute atomic E-state index is 0.176. The van der Waals surface area contributed by atoms with Crippen molar-refractivity contribution < 1.29 is 8.42 Å². The van der Waals surface area contributed by atoms with Gasteiger partial charge in [-0.05, 0) is 62.1 Å². The van der Waals surface area contributed by atoms with Crippen molar-refractivity contribution in [1.82, 2.24) is 0 Å². The van der Waals surface area contributed by atoms with Gasteiger partial charge in [-0.2, -0.15) is 0 Å². The van der Waals surface area contributed by atoms with Crippen LogP contribution in [0.1, 0.15) is 51.4 Å². The zero-order chi connectivity index (χ0) is 14.9. The average molecular weight is 308 g/mol. The normalized spacial score (nSPS) is 22.5. The van der Waals surface area contributed by atoms with E-state index in [9.17, 15) is 8.42 Å². The van der Waals surface area contributed by atoms with Gasteiger partial charge in [-0.1, -0.05) is 18.9 Å². The lowest BCUT2D eigenvalue weighted by molar-refractivity contribution is 0.188. The monoisotopic (exact) mass is 308 g/mol. The van der Waals surface area contributed by atoms with E-state index in [1.54, 1.807) is 12.1 Å². The van der Waals surface area contributed by atoms with Crippen LogP contribution in [0, 0.1) is 5.41 Å². The van der Waals surface area contributed by atoms with Gasteiger partial charge in [0.25, 0.3) is 0 Å². The lowest BCUT2D eigenvalue weighted by Gasteiger charge is -2.37. The van der Waals surface area contributed by atoms with Gasteiger partial charge in [-0.3, -0.25) is 0 Å². The Labute approximate surface area is 127 Å². The number of benzene rings is 1. The zero-order valence-corrected chi connectivity index (χ0v) is 13.2. The first kappa shape index (κ1) is 14.9. The molecule has 2 saturated carbocycles. The Hall–Kier alpha value is -1.07. The smallest absolute Gasteiger partial charge is 0.238 e. The standard InChI is InChI=1S/C16H24N2O2S/c17-21(19,20)15-5-3-4-14(12-15)18-13-6-10-16(11-7-13)8-1-2-9-16/h3-5,12-13,18H,1-2,6-11H2,(H2,17,19,20). The Morgan fingerprint density at radius 3 is 2.38 bits per heavy atom. The van der Waals surface area contributed by atoms with E-state index in [1.807, 2.05) is 6.07 Å². The minimum atomic E-state index is -3.62. The molecule has 1 spiro atoms. The van der Waals surface area contributed by atoms with Crippen LogP contribution >= 0.6 is 0 Å². The van der Waals surface area contributed by atoms with Crippen molar-refractivity contribution >= 4 is 15.7 Å². The number of anilines is 1. The highest BCUT2D eigenvalue weighted by molar-refractivity contribution is 7.89. The van der Waals surface area contributed by atoms with Crippen LogP contribution in [0.3, 0.4) is 0 Å². The third-order valence-corrected chi connectivity index (χ3v) is 6.15. The van der Waals surface area contributed by atoms with Crippen molar-refractivity contribution in [3.8, 4) is 0 Å². The lowest BCUT2D eigenvalue weighted by atomic mass is 9.71. The molecule has 5 heteroatoms. The number of rotatable bonds is 3. The molecule has 116 valence electrons. The van der Waals surface area contributed by atoms with Gasteiger partial charge in [0.1, 0.15) is 0 Å². The third-order valence-electron chi connectivity index (χ3n) is 5.24. The van der Waals surface area contributed by atoms with Crippen LogP contribution in [0.15, 0.2) is 29.2 Å². The van der Waals surface area contributed by atoms with Crippen LogP contribution in [0.4, 0.5) is 5.69 Å². The maximum Gasteiger partial charge on any atom is 0.238 e. The molecular formula is C16H24N2O2S. The second-order valence-corrected chi connectivity index (χ2v) is 8.26. The summed E-state index contributed by atoms with van der Waals surface area (Å²) in [5, 5.41) is 8.66. The van der Waals surface area contributed by atoms with Gasteiger partial charge >= 0.3 is 0 Å². The van der Waals surface area contributed by atoms with Crippen LogP contribution < -0.4 is 10.5 Å². The summed E-state index contributed by atoms with van der Waals surface area (Å²) in [4.78, 5) is 0.176. The van der Waals surface area contributed by atoms with E-state index < -0.39 is 10.0 Å². The van der Waals surface area contributed by atoms with Crippen molar-refractivity contribution in [2.45, 2.75) is 62.3 Å². The molecule has 0 heterocycles. The highest BCUT2D eigenvalue weighted by atomic mass is 32.2. The molecule has 3 N–H and O–H groups in total. The minimum Gasteiger partial charge on any atom is -0.382 e. The average Bonchev–Trinajstić information content (AvgIpc) is 2.90. The highest BCUT2D eigenvalue weighted by Crippen LogP contribution is 2.49. The molecule has 1 aromatic rings. The van der Waals surface area contributed by atoms with E-state index >= 15 is 0 Å². The number of hydrogen-bond acceptors (Lipinski definition) is 3. The van der Waals surface area contributed by atoms with E-state index in [2.05, 4.69) is 5.32 Å². The van der Waals surface area contributed by atoms with Crippen LogP contribution in [-0.4, -0.2) is 14.5 Å². The summed E-state index contributed by atoms with van der Waals surface area (Å²) in [5.74, 6) is 0. The molecule has 0 atom stereocenters. The Morgan fingerprint density at radius 1 is 1.10 bits per heavy atom. The SMILES string of the molecule is NS(=O)(=O)c1cccc(NC2CCC3(CCCC3)CC2)c1. The Bertz CT molecular complexity index is 596. The second kappa shape index (κ2) is 5.61. The van der Waals surface area contributed by atoms with E-state index in [0.717, 1.165) is 5.69 Å². The van der Waals surface area contributed by atoms with Gasteiger partial charge in [0.15, 0.2) is 0 Å². The molecular weight excluding hydrogens is 284 g/mol. The van der Waals surface area contributed by atoms with E-state index in [4.69, 9.17) is 5.14 Å². The number of nitrogens with two attached hydrogens (primary N) is 1. The summed E-state index contributed by atoms with van der Waals surface area (Å²) in [6, 6.07) is 7.27. The predicted molar refractivity (Wildman–Crippen MR) is 84.6 cm³/mol. The van der Waals surface area contributed by atoms with E-state index in [-0.39, 0.29) is 4.90 Å². The molecule has 2 aliphatic carbocycles. The van der Waals surface area contributed by atoms with Gasteiger partial charge in [0.05, 0.1) is 4.90 Å². The third kappa shape index (κ3) is 3.40. The molecule has 0 bridgehead atoms. The van der Waals surface area contributed by atoms with Crippen molar-refractivity contribution in [2.75, 3.05) is 5.32 Å². The largest absolute Gasteiger partial charge is 0.382 e. The Kier molecular flexibility index (Phi) is 3.97. The Balaban J connectivity index is 1.63. The topological polar surface area (TPSA) is 72.2 Å². The first-order chi connectivity index (χ1) is 9.97. The molecule has 0 aromatic heterocycles. The quantitative estimate of drug-likeness (QED) is 0.900. The van der Waals surface area contributed by atoms with E-state index in [1.165, 1.54) is 57.4 Å². The van der Waals surface area contributed by atoms with Crippen LogP contribution in [0.5, 0.6) is 0 Å². The Morgan fingerprint density at radius 2 is 1.76 bits per heavy atom. The summed E-state index contributed by atoms with van der Waals surface area (Å²) in [6.07, 6.45) is 10.6. The fraction of sp³-hybridized carbons (Fsp3) is 0.625. The molecule has 2 fully saturated rings. The summed E-state index contributed by atoms with van der Waals surface area (Å²) in [5.41, 5.74) is 1.48. The number of primary sulfonamides is 1. The number of sulfonamides is 1. The van der Waals surface area contributed by atoms with Gasteiger partial charge < -0.3 is 5.32 Å². The molecule has 2 aliphatic rings. The first-order valence-electron chi connectivity index (χ1n) is 7.86. The summed E-state index contributed by atoms with van der Waals surface area (Å²) >= 11 is 0. The first-order valence-corrected chi connectivity index (χ1v) is 9.41. The molecule has 0 aliphatic heterocycles. The number of hydrogen-bond donors (Lipinski definition) is 2. The summed E-state index contributed by atoms with van der Waals surface area (Å²) < 4.78 is 22.8. The predicted octanol–water partition coefficient (Wildman–Crippen LogP) is 3.25. The second-order valence-electron chi connectivity index (χ2n) is 6.70. The molecule has 21 heavy (non-hydrogen) atoms. The lowest BCUT2D eigenvalue weighted by Crippen LogP contribution is -2.31. The van der Waals surface area contributed by atoms with Crippen LogP contribution in [0.25, 0.3) is 0 Å². The maximum atomic E-state index is 11.4. The molecule has 0 radical (unpaired) electrons. The molecule has 0 saturated heterocycles. The fourth-order valence-electron chi connectivity index (χ4n) is 4.00. The van der Waals surface area contributed by atoms with Gasteiger partial charge in [0, 0.05) is 11.7 Å². The van der Waals surface area contributed by atoms with Crippen molar-refractivity contribution in [1.29, 1.82) is 0 Å². The zero-order valence-electron chi connectivity index (χ0n) is 12.3. The maximum absolute atomic E-state index is 11.4. The van der Waals surface area contributed by atoms with Gasteiger partial charge in [0.2, 0.25) is 10.0 Å².